The zero-order valence-corrected chi connectivity index (χ0v) is 16.3. The minimum absolute atomic E-state index is 0.0667. The molecule has 8 N–H and O–H groups in total. The molecule has 162 valence electrons. The summed E-state index contributed by atoms with van der Waals surface area (Å²) in [5, 5.41) is 21.0. The van der Waals surface area contributed by atoms with Crippen LogP contribution in [0.2, 0.25) is 0 Å². The van der Waals surface area contributed by atoms with Crippen molar-refractivity contribution in [2.75, 3.05) is 12.3 Å². The van der Waals surface area contributed by atoms with Crippen LogP contribution in [0.5, 0.6) is 0 Å². The molecule has 0 radical (unpaired) electrons. The Kier molecular flexibility index (Phi) is 5.47. The largest absolute Gasteiger partial charge is 0.481 e. The van der Waals surface area contributed by atoms with Gasteiger partial charge in [0.2, 0.25) is 5.95 Å². The Bertz CT molecular complexity index is 1080. The highest BCUT2D eigenvalue weighted by Gasteiger charge is 2.54. The van der Waals surface area contributed by atoms with Gasteiger partial charge in [0.25, 0.3) is 5.56 Å². The molecule has 0 saturated carbocycles. The third kappa shape index (κ3) is 4.41. The molecule has 2 aromatic rings. The Hall–Kier alpha value is -1.71. The van der Waals surface area contributed by atoms with Crippen molar-refractivity contribution >= 4 is 32.8 Å². The molecule has 1 aliphatic heterocycles. The number of aliphatic hydroxyl groups is 2. The molecule has 1 aliphatic rings. The van der Waals surface area contributed by atoms with Gasteiger partial charge < -0.3 is 35.4 Å². The van der Waals surface area contributed by atoms with E-state index < -0.39 is 51.8 Å². The number of aromatic nitrogens is 4. The maximum atomic E-state index is 11.9. The minimum atomic E-state index is -5.33. The topological polar surface area (TPSA) is 253 Å². The fraction of sp³-hybridized carbons (Fsp3) is 0.545. The lowest BCUT2D eigenvalue weighted by atomic mass is 9.96. The summed E-state index contributed by atoms with van der Waals surface area (Å²) >= 11 is 0. The first kappa shape index (κ1) is 22.0. The Morgan fingerprint density at radius 2 is 2.07 bits per heavy atom. The van der Waals surface area contributed by atoms with Crippen LogP contribution in [0.25, 0.3) is 11.2 Å². The Labute approximate surface area is 160 Å². The van der Waals surface area contributed by atoms with Crippen molar-refractivity contribution in [1.82, 2.24) is 19.5 Å². The van der Waals surface area contributed by atoms with Crippen LogP contribution in [0.3, 0.4) is 0 Å². The second-order valence-corrected chi connectivity index (χ2v) is 9.14. The number of H-pyrrole nitrogens is 1. The van der Waals surface area contributed by atoms with E-state index in [1.165, 1.54) is 6.92 Å². The first-order valence-corrected chi connectivity index (χ1v) is 10.8. The number of imidazole rings is 1. The number of phosphoric ester groups is 1. The summed E-state index contributed by atoms with van der Waals surface area (Å²) in [6.45, 7) is 0.291. The van der Waals surface area contributed by atoms with Crippen LogP contribution in [0.4, 0.5) is 5.95 Å². The Morgan fingerprint density at radius 3 is 2.69 bits per heavy atom. The van der Waals surface area contributed by atoms with Crippen LogP contribution in [-0.4, -0.2) is 68.8 Å². The second-order valence-electron chi connectivity index (χ2n) is 6.31. The van der Waals surface area contributed by atoms with Crippen molar-refractivity contribution in [1.29, 1.82) is 0 Å². The number of rotatable bonds is 6. The van der Waals surface area contributed by atoms with E-state index in [4.69, 9.17) is 20.3 Å². The maximum absolute atomic E-state index is 11.9. The number of nitrogens with zero attached hydrogens (tertiary/aromatic N) is 3. The molecule has 18 heteroatoms. The molecular formula is C11H17N5O11P2. The molecule has 3 heterocycles. The smallest absolute Gasteiger partial charge is 0.387 e. The van der Waals surface area contributed by atoms with Crippen molar-refractivity contribution < 1.29 is 47.6 Å². The molecule has 3 rings (SSSR count). The lowest BCUT2D eigenvalue weighted by Crippen LogP contribution is -2.44. The second kappa shape index (κ2) is 7.21. The summed E-state index contributed by atoms with van der Waals surface area (Å²) in [5.41, 5.74) is 2.64. The zero-order chi connectivity index (χ0) is 21.8. The van der Waals surface area contributed by atoms with Gasteiger partial charge in [-0.2, -0.15) is 9.29 Å². The molecule has 0 amide bonds. The number of anilines is 1. The van der Waals surface area contributed by atoms with Crippen LogP contribution in [0.15, 0.2) is 11.1 Å². The summed E-state index contributed by atoms with van der Waals surface area (Å²) in [4.78, 5) is 48.4. The predicted octanol–water partition coefficient (Wildman–Crippen LogP) is -2.06. The van der Waals surface area contributed by atoms with E-state index in [-0.39, 0.29) is 17.1 Å². The van der Waals surface area contributed by atoms with E-state index in [9.17, 15) is 29.0 Å². The molecule has 1 saturated heterocycles. The summed E-state index contributed by atoms with van der Waals surface area (Å²) in [6, 6.07) is 0. The Morgan fingerprint density at radius 1 is 1.41 bits per heavy atom. The number of ether oxygens (including phenoxy) is 1. The fourth-order valence-electron chi connectivity index (χ4n) is 2.82. The van der Waals surface area contributed by atoms with E-state index >= 15 is 0 Å². The molecule has 2 aromatic heterocycles. The van der Waals surface area contributed by atoms with E-state index in [1.807, 2.05) is 0 Å². The predicted molar refractivity (Wildman–Crippen MR) is 92.0 cm³/mol. The van der Waals surface area contributed by atoms with Gasteiger partial charge in [-0.15, -0.1) is 0 Å². The number of hydrogen-bond donors (Lipinski definition) is 7. The normalized spacial score (nSPS) is 29.9. The number of nitrogens with one attached hydrogen (secondary N) is 1. The van der Waals surface area contributed by atoms with Gasteiger partial charge in [-0.3, -0.25) is 18.9 Å². The number of nitrogens with two attached hydrogens (primary N) is 1. The number of hydrogen-bond acceptors (Lipinski definition) is 11. The highest BCUT2D eigenvalue weighted by atomic mass is 31.3. The van der Waals surface area contributed by atoms with Gasteiger partial charge in [-0.05, 0) is 6.92 Å². The number of phosphoric acid groups is 2. The van der Waals surface area contributed by atoms with Crippen LogP contribution in [0, 0.1) is 0 Å². The summed E-state index contributed by atoms with van der Waals surface area (Å²) in [5.74, 6) is -0.238. The zero-order valence-electron chi connectivity index (χ0n) is 14.5. The molecule has 0 aliphatic carbocycles. The van der Waals surface area contributed by atoms with Crippen molar-refractivity contribution in [3.05, 3.63) is 16.7 Å². The van der Waals surface area contributed by atoms with E-state index in [0.717, 1.165) is 10.9 Å². The monoisotopic (exact) mass is 457 g/mol. The Balaban J connectivity index is 1.85. The number of aliphatic hydroxyl groups excluding tert-OH is 1. The maximum Gasteiger partial charge on any atom is 0.481 e. The molecular weight excluding hydrogens is 440 g/mol. The average molecular weight is 457 g/mol. The first-order chi connectivity index (χ1) is 13.2. The van der Waals surface area contributed by atoms with Gasteiger partial charge >= 0.3 is 15.6 Å². The quantitative estimate of drug-likeness (QED) is 0.230. The molecule has 0 spiro atoms. The summed E-state index contributed by atoms with van der Waals surface area (Å²) in [7, 11) is -10.5. The van der Waals surface area contributed by atoms with E-state index in [2.05, 4.69) is 23.8 Å². The number of nitrogen functional groups attached to an aromatic ring is 1. The highest BCUT2D eigenvalue weighted by molar-refractivity contribution is 7.60. The van der Waals surface area contributed by atoms with Crippen molar-refractivity contribution in [3.8, 4) is 0 Å². The summed E-state index contributed by atoms with van der Waals surface area (Å²) in [6.07, 6.45) is -3.41. The van der Waals surface area contributed by atoms with Crippen molar-refractivity contribution in [2.24, 2.45) is 0 Å². The number of aromatic amines is 1. The van der Waals surface area contributed by atoms with Crippen LogP contribution in [0.1, 0.15) is 13.2 Å². The molecule has 0 bridgehead atoms. The molecule has 16 nitrogen and oxygen atoms in total. The van der Waals surface area contributed by atoms with Crippen molar-refractivity contribution in [3.63, 3.8) is 0 Å². The standard InChI is InChI=1S/C11H17N5O11P2/c1-11(19)6(17)4(2-25-29(23,24)27-28(20,21)22)26-9(11)16-3-13-5-7(16)14-10(12)15-8(5)18/h3-4,6,9,17,19H,2H2,1H3,(H,23,24)(H2,20,21,22)(H3,12,14,15,18)/t4-,6-,9-,11-/m1/s1. The SMILES string of the molecule is C[C@@]1(O)[C@H](O)[C@@H](COP(=O)(O)OP(=O)(O)O)O[C@H]1n1cnc2c(=O)[nH]c(N)nc21. The molecule has 0 aromatic carbocycles. The highest BCUT2D eigenvalue weighted by Crippen LogP contribution is 2.57. The number of fused-ring (bicyclic) bond motifs is 1. The minimum Gasteiger partial charge on any atom is -0.387 e. The van der Waals surface area contributed by atoms with Crippen molar-refractivity contribution in [2.45, 2.75) is 31.0 Å². The molecule has 1 unspecified atom stereocenters. The summed E-state index contributed by atoms with van der Waals surface area (Å²) < 4.78 is 36.9. The third-order valence-corrected chi connectivity index (χ3v) is 6.22. The first-order valence-electron chi connectivity index (χ1n) is 7.74. The average Bonchev–Trinajstić information content (AvgIpc) is 3.04. The molecule has 5 atom stereocenters. The lowest BCUT2D eigenvalue weighted by molar-refractivity contribution is -0.0949. The van der Waals surface area contributed by atoms with E-state index in [1.54, 1.807) is 0 Å². The van der Waals surface area contributed by atoms with Gasteiger partial charge in [0.1, 0.15) is 17.8 Å². The fourth-order valence-corrected chi connectivity index (χ4v) is 4.42. The lowest BCUT2D eigenvalue weighted by Gasteiger charge is -2.27. The third-order valence-electron chi connectivity index (χ3n) is 4.07. The van der Waals surface area contributed by atoms with Crippen LogP contribution >= 0.6 is 15.6 Å². The van der Waals surface area contributed by atoms with Crippen LogP contribution in [-0.2, 0) is 22.7 Å². The van der Waals surface area contributed by atoms with Gasteiger partial charge in [-0.1, -0.05) is 0 Å². The van der Waals surface area contributed by atoms with Gasteiger partial charge in [0, 0.05) is 0 Å². The van der Waals surface area contributed by atoms with Gasteiger partial charge in [0.05, 0.1) is 12.9 Å². The molecule has 29 heavy (non-hydrogen) atoms. The van der Waals surface area contributed by atoms with Gasteiger partial charge in [0.15, 0.2) is 17.4 Å². The van der Waals surface area contributed by atoms with E-state index in [0.29, 0.717) is 0 Å². The van der Waals surface area contributed by atoms with Crippen LogP contribution < -0.4 is 11.3 Å². The molecule has 1 fully saturated rings. The van der Waals surface area contributed by atoms with Gasteiger partial charge in [-0.25, -0.2) is 14.1 Å².